The van der Waals surface area contributed by atoms with Crippen LogP contribution < -0.4 is 10.5 Å². The molecular formula is C17H21N3O4S2. The van der Waals surface area contributed by atoms with Crippen molar-refractivity contribution in [3.8, 4) is 0 Å². The molecule has 0 spiro atoms. The van der Waals surface area contributed by atoms with Gasteiger partial charge < -0.3 is 5.32 Å². The minimum absolute atomic E-state index is 0.0560. The zero-order valence-electron chi connectivity index (χ0n) is 14.3. The molecule has 0 fully saturated rings. The molecular weight excluding hydrogens is 374 g/mol. The lowest BCUT2D eigenvalue weighted by molar-refractivity contribution is -0.384. The summed E-state index contributed by atoms with van der Waals surface area (Å²) in [5.74, 6) is 0. The number of sulfonamides is 1. The van der Waals surface area contributed by atoms with Crippen molar-refractivity contribution in [1.82, 2.24) is 0 Å². The SMILES string of the molecule is CCC(CCNc1c([N+](=O)[O-])cccc1S(N)(=O)=O)Sc1ccccc1. The van der Waals surface area contributed by atoms with Crippen molar-refractivity contribution in [3.63, 3.8) is 0 Å². The maximum absolute atomic E-state index is 11.7. The van der Waals surface area contributed by atoms with Crippen LogP contribution in [0.25, 0.3) is 0 Å². The molecule has 0 heterocycles. The maximum Gasteiger partial charge on any atom is 0.293 e. The fourth-order valence-corrected chi connectivity index (χ4v) is 4.31. The zero-order chi connectivity index (χ0) is 19.2. The Morgan fingerprint density at radius 2 is 1.88 bits per heavy atom. The van der Waals surface area contributed by atoms with Crippen LogP contribution >= 0.6 is 11.8 Å². The van der Waals surface area contributed by atoms with Gasteiger partial charge in [0.1, 0.15) is 10.6 Å². The topological polar surface area (TPSA) is 115 Å². The van der Waals surface area contributed by atoms with E-state index in [9.17, 15) is 18.5 Å². The van der Waals surface area contributed by atoms with Gasteiger partial charge in [0.25, 0.3) is 5.69 Å². The molecule has 3 N–H and O–H groups in total. The zero-order valence-corrected chi connectivity index (χ0v) is 15.9. The van der Waals surface area contributed by atoms with Crippen molar-refractivity contribution in [3.05, 3.63) is 58.6 Å². The van der Waals surface area contributed by atoms with E-state index in [4.69, 9.17) is 5.14 Å². The van der Waals surface area contributed by atoms with Crippen molar-refractivity contribution < 1.29 is 13.3 Å². The summed E-state index contributed by atoms with van der Waals surface area (Å²) in [6.45, 7) is 2.47. The first-order chi connectivity index (χ1) is 12.3. The number of nitrogens with one attached hydrogen (secondary N) is 1. The number of nitro groups is 1. The number of primary sulfonamides is 1. The fraction of sp³-hybridized carbons (Fsp3) is 0.294. The Balaban J connectivity index is 2.12. The predicted octanol–water partition coefficient (Wildman–Crippen LogP) is 3.62. The smallest absolute Gasteiger partial charge is 0.293 e. The summed E-state index contributed by atoms with van der Waals surface area (Å²) in [5, 5.41) is 19.6. The van der Waals surface area contributed by atoms with E-state index in [1.807, 2.05) is 30.3 Å². The Hall–Kier alpha value is -2.10. The molecule has 7 nitrogen and oxygen atoms in total. The summed E-state index contributed by atoms with van der Waals surface area (Å²) in [7, 11) is -4.07. The summed E-state index contributed by atoms with van der Waals surface area (Å²) in [5.41, 5.74) is -0.361. The summed E-state index contributed by atoms with van der Waals surface area (Å²) < 4.78 is 23.5. The van der Waals surface area contributed by atoms with Crippen molar-refractivity contribution in [1.29, 1.82) is 0 Å². The van der Waals surface area contributed by atoms with Gasteiger partial charge in [0.15, 0.2) is 0 Å². The van der Waals surface area contributed by atoms with E-state index in [0.717, 1.165) is 11.3 Å². The number of benzene rings is 2. The van der Waals surface area contributed by atoms with Crippen LogP contribution in [0.15, 0.2) is 58.3 Å². The Kier molecular flexibility index (Phi) is 7.01. The van der Waals surface area contributed by atoms with Crippen LogP contribution in [0, 0.1) is 10.1 Å². The van der Waals surface area contributed by atoms with E-state index in [1.165, 1.54) is 18.2 Å². The minimum atomic E-state index is -4.07. The molecule has 9 heteroatoms. The van der Waals surface area contributed by atoms with Crippen LogP contribution in [0.2, 0.25) is 0 Å². The lowest BCUT2D eigenvalue weighted by Crippen LogP contribution is -2.17. The number of rotatable bonds is 9. The highest BCUT2D eigenvalue weighted by atomic mass is 32.2. The third-order valence-electron chi connectivity index (χ3n) is 3.78. The number of thioether (sulfide) groups is 1. The van der Waals surface area contributed by atoms with Crippen molar-refractivity contribution in [2.45, 2.75) is 34.8 Å². The monoisotopic (exact) mass is 395 g/mol. The van der Waals surface area contributed by atoms with Gasteiger partial charge in [-0.3, -0.25) is 10.1 Å². The molecule has 2 aromatic rings. The average Bonchev–Trinajstić information content (AvgIpc) is 2.60. The van der Waals surface area contributed by atoms with Crippen molar-refractivity contribution in [2.24, 2.45) is 5.14 Å². The second kappa shape index (κ2) is 9.02. The normalized spacial score (nSPS) is 12.5. The van der Waals surface area contributed by atoms with Crippen molar-refractivity contribution >= 4 is 33.2 Å². The lowest BCUT2D eigenvalue weighted by Gasteiger charge is -2.16. The number of hydrogen-bond acceptors (Lipinski definition) is 6. The Morgan fingerprint density at radius 3 is 2.46 bits per heavy atom. The summed E-state index contributed by atoms with van der Waals surface area (Å²) in [6.07, 6.45) is 1.63. The first kappa shape index (κ1) is 20.2. The van der Waals surface area contributed by atoms with Gasteiger partial charge in [-0.15, -0.1) is 11.8 Å². The third kappa shape index (κ3) is 5.45. The molecule has 0 aliphatic carbocycles. The van der Waals surface area contributed by atoms with Crippen LogP contribution in [0.1, 0.15) is 19.8 Å². The van der Waals surface area contributed by atoms with E-state index in [2.05, 4.69) is 12.2 Å². The number of nitrogens with zero attached hydrogens (tertiary/aromatic N) is 1. The Bertz CT molecular complexity index is 858. The predicted molar refractivity (Wildman–Crippen MR) is 104 cm³/mol. The molecule has 2 rings (SSSR count). The molecule has 1 atom stereocenters. The quantitative estimate of drug-likeness (QED) is 0.381. The molecule has 0 aliphatic heterocycles. The van der Waals surface area contributed by atoms with Gasteiger partial charge in [0.2, 0.25) is 10.0 Å². The molecule has 140 valence electrons. The standard InChI is InChI=1S/C17H21N3O4S2/c1-2-13(25-14-7-4-3-5-8-14)11-12-19-17-15(20(21)22)9-6-10-16(17)26(18,23)24/h3-10,13,19H,2,11-12H2,1H3,(H2,18,23,24). The Morgan fingerprint density at radius 1 is 1.19 bits per heavy atom. The van der Waals surface area contributed by atoms with Crippen LogP contribution in [-0.4, -0.2) is 25.1 Å². The minimum Gasteiger partial charge on any atom is -0.378 e. The van der Waals surface area contributed by atoms with Gasteiger partial charge in [-0.1, -0.05) is 31.2 Å². The largest absolute Gasteiger partial charge is 0.378 e. The first-order valence-corrected chi connectivity index (χ1v) is 10.5. The third-order valence-corrected chi connectivity index (χ3v) is 6.18. The molecule has 0 amide bonds. The van der Waals surface area contributed by atoms with E-state index in [0.29, 0.717) is 18.2 Å². The van der Waals surface area contributed by atoms with Crippen molar-refractivity contribution in [2.75, 3.05) is 11.9 Å². The first-order valence-electron chi connectivity index (χ1n) is 8.08. The van der Waals surface area contributed by atoms with E-state index < -0.39 is 14.9 Å². The van der Waals surface area contributed by atoms with E-state index >= 15 is 0 Å². The van der Waals surface area contributed by atoms with E-state index in [1.54, 1.807) is 11.8 Å². The van der Waals surface area contributed by atoms with Gasteiger partial charge >= 0.3 is 0 Å². The van der Waals surface area contributed by atoms with Crippen LogP contribution in [-0.2, 0) is 10.0 Å². The maximum atomic E-state index is 11.7. The second-order valence-electron chi connectivity index (χ2n) is 5.63. The Labute approximate surface area is 157 Å². The van der Waals surface area contributed by atoms with Gasteiger partial charge in [-0.25, -0.2) is 13.6 Å². The summed E-state index contributed by atoms with van der Waals surface area (Å²) in [4.78, 5) is 11.5. The van der Waals surface area contributed by atoms with Gasteiger partial charge in [-0.2, -0.15) is 0 Å². The van der Waals surface area contributed by atoms with Gasteiger partial charge in [0.05, 0.1) is 4.92 Å². The number of para-hydroxylation sites is 1. The van der Waals surface area contributed by atoms with Crippen LogP contribution in [0.5, 0.6) is 0 Å². The molecule has 0 aliphatic rings. The molecule has 2 aromatic carbocycles. The highest BCUT2D eigenvalue weighted by molar-refractivity contribution is 8.00. The highest BCUT2D eigenvalue weighted by Gasteiger charge is 2.23. The molecule has 1 unspecified atom stereocenters. The molecule has 26 heavy (non-hydrogen) atoms. The van der Waals surface area contributed by atoms with Gasteiger partial charge in [-0.05, 0) is 31.0 Å². The number of anilines is 1. The van der Waals surface area contributed by atoms with Crippen LogP contribution in [0.4, 0.5) is 11.4 Å². The number of hydrogen-bond donors (Lipinski definition) is 2. The molecule has 0 aromatic heterocycles. The summed E-state index contributed by atoms with van der Waals surface area (Å²) >= 11 is 1.73. The molecule has 0 saturated carbocycles. The van der Waals surface area contributed by atoms with Crippen LogP contribution in [0.3, 0.4) is 0 Å². The molecule has 0 bridgehead atoms. The lowest BCUT2D eigenvalue weighted by atomic mass is 10.2. The van der Waals surface area contributed by atoms with Gasteiger partial charge in [0, 0.05) is 22.8 Å². The average molecular weight is 396 g/mol. The molecule has 0 saturated heterocycles. The second-order valence-corrected chi connectivity index (χ2v) is 8.53. The number of nitro benzene ring substituents is 1. The van der Waals surface area contributed by atoms with E-state index in [-0.39, 0.29) is 16.3 Å². The number of nitrogens with two attached hydrogens (primary N) is 1. The summed E-state index contributed by atoms with van der Waals surface area (Å²) in [6, 6.07) is 13.8. The highest BCUT2D eigenvalue weighted by Crippen LogP contribution is 2.32. The fourth-order valence-electron chi connectivity index (χ4n) is 2.48. The molecule has 0 radical (unpaired) electrons.